The van der Waals surface area contributed by atoms with Crippen molar-refractivity contribution in [2.75, 3.05) is 18.4 Å². The van der Waals surface area contributed by atoms with Gasteiger partial charge in [-0.1, -0.05) is 6.07 Å². The molecule has 1 aromatic heterocycles. The molecule has 0 saturated carbocycles. The number of hydrogen-bond acceptors (Lipinski definition) is 4. The van der Waals surface area contributed by atoms with Gasteiger partial charge in [-0.25, -0.2) is 12.8 Å². The lowest BCUT2D eigenvalue weighted by Gasteiger charge is -2.30. The molecule has 0 unspecified atom stereocenters. The van der Waals surface area contributed by atoms with E-state index in [9.17, 15) is 17.6 Å². The fraction of sp³-hybridized carbons (Fsp3) is 0.353. The monoisotopic (exact) mass is 460 g/mol. The summed E-state index contributed by atoms with van der Waals surface area (Å²) in [4.78, 5) is 12.5. The zero-order chi connectivity index (χ0) is 18.9. The van der Waals surface area contributed by atoms with Crippen LogP contribution in [0.3, 0.4) is 0 Å². The molecule has 0 bridgehead atoms. The lowest BCUT2D eigenvalue weighted by Crippen LogP contribution is -2.43. The molecular weight excluding hydrogens is 443 g/mol. The third-order valence-electron chi connectivity index (χ3n) is 4.34. The minimum Gasteiger partial charge on any atom is -0.326 e. The number of benzene rings is 1. The highest BCUT2D eigenvalue weighted by Crippen LogP contribution is 2.31. The molecule has 9 heteroatoms. The first-order chi connectivity index (χ1) is 12.3. The van der Waals surface area contributed by atoms with Crippen molar-refractivity contribution in [3.8, 4) is 0 Å². The molecule has 2 aromatic rings. The highest BCUT2D eigenvalue weighted by atomic mass is 79.9. The molecule has 0 radical (unpaired) electrons. The number of rotatable bonds is 4. The largest absolute Gasteiger partial charge is 0.326 e. The Morgan fingerprint density at radius 1 is 1.35 bits per heavy atom. The molecule has 0 spiro atoms. The molecule has 0 aliphatic carbocycles. The van der Waals surface area contributed by atoms with Gasteiger partial charge in [0.2, 0.25) is 5.91 Å². The molecule has 3 rings (SSSR count). The van der Waals surface area contributed by atoms with Crippen molar-refractivity contribution >= 4 is 48.9 Å². The van der Waals surface area contributed by atoms with Crippen molar-refractivity contribution < 1.29 is 17.6 Å². The van der Waals surface area contributed by atoms with Crippen molar-refractivity contribution in [1.82, 2.24) is 4.31 Å². The van der Waals surface area contributed by atoms with E-state index in [2.05, 4.69) is 21.2 Å². The highest BCUT2D eigenvalue weighted by molar-refractivity contribution is 9.11. The summed E-state index contributed by atoms with van der Waals surface area (Å²) in [5, 5.41) is 2.69. The summed E-state index contributed by atoms with van der Waals surface area (Å²) in [6.07, 6.45) is 1.20. The lowest BCUT2D eigenvalue weighted by molar-refractivity contribution is -0.120. The van der Waals surface area contributed by atoms with Gasteiger partial charge in [-0.05, 0) is 65.5 Å². The molecule has 1 saturated heterocycles. The highest BCUT2D eigenvalue weighted by Gasteiger charge is 2.34. The number of piperidine rings is 1. The van der Waals surface area contributed by atoms with Crippen LogP contribution in [-0.4, -0.2) is 31.7 Å². The maximum atomic E-state index is 13.6. The summed E-state index contributed by atoms with van der Waals surface area (Å²) in [6, 6.07) is 7.75. The SMILES string of the molecule is Cc1ccc(NC(=O)[C@H]2CCCN(S(=O)(=O)c3ccc(Br)s3)C2)cc1F. The van der Waals surface area contributed by atoms with Crippen molar-refractivity contribution in [2.45, 2.75) is 24.0 Å². The summed E-state index contributed by atoms with van der Waals surface area (Å²) < 4.78 is 41.5. The average molecular weight is 461 g/mol. The molecule has 26 heavy (non-hydrogen) atoms. The Kier molecular flexibility index (Phi) is 5.81. The second kappa shape index (κ2) is 7.75. The number of carbonyl (C=O) groups excluding carboxylic acids is 1. The summed E-state index contributed by atoms with van der Waals surface area (Å²) in [5.74, 6) is -1.15. The second-order valence-electron chi connectivity index (χ2n) is 6.21. The Morgan fingerprint density at radius 2 is 2.12 bits per heavy atom. The van der Waals surface area contributed by atoms with E-state index in [1.54, 1.807) is 31.2 Å². The van der Waals surface area contributed by atoms with E-state index in [1.165, 1.54) is 10.4 Å². The second-order valence-corrected chi connectivity index (χ2v) is 10.8. The summed E-state index contributed by atoms with van der Waals surface area (Å²) in [5.41, 5.74) is 0.875. The Morgan fingerprint density at radius 3 is 2.77 bits per heavy atom. The van der Waals surface area contributed by atoms with Crippen molar-refractivity contribution in [1.29, 1.82) is 0 Å². The van der Waals surface area contributed by atoms with Crippen LogP contribution in [0.5, 0.6) is 0 Å². The minimum absolute atomic E-state index is 0.123. The predicted octanol–water partition coefficient (Wildman–Crippen LogP) is 4.00. The number of anilines is 1. The molecule has 2 heterocycles. The number of nitrogens with one attached hydrogen (secondary N) is 1. The smallest absolute Gasteiger partial charge is 0.252 e. The van der Waals surface area contributed by atoms with Gasteiger partial charge in [-0.2, -0.15) is 4.31 Å². The minimum atomic E-state index is -3.61. The Labute approximate surface area is 164 Å². The number of nitrogens with zero attached hydrogens (tertiary/aromatic N) is 1. The van der Waals surface area contributed by atoms with E-state index in [4.69, 9.17) is 0 Å². The number of carbonyl (C=O) groups is 1. The van der Waals surface area contributed by atoms with Gasteiger partial charge in [0.1, 0.15) is 10.0 Å². The fourth-order valence-corrected chi connectivity index (χ4v) is 6.54. The molecule has 1 N–H and O–H groups in total. The van der Waals surface area contributed by atoms with Crippen LogP contribution in [0.1, 0.15) is 18.4 Å². The first kappa shape index (κ1) is 19.5. The number of sulfonamides is 1. The van der Waals surface area contributed by atoms with Crippen LogP contribution in [-0.2, 0) is 14.8 Å². The molecule has 1 amide bonds. The van der Waals surface area contributed by atoms with Gasteiger partial charge < -0.3 is 5.32 Å². The maximum Gasteiger partial charge on any atom is 0.252 e. The zero-order valence-electron chi connectivity index (χ0n) is 14.0. The zero-order valence-corrected chi connectivity index (χ0v) is 17.3. The normalized spacial score (nSPS) is 18.7. The first-order valence-electron chi connectivity index (χ1n) is 8.10. The summed E-state index contributed by atoms with van der Waals surface area (Å²) in [6.45, 7) is 2.16. The van der Waals surface area contributed by atoms with Crippen LogP contribution in [0.2, 0.25) is 0 Å². The molecule has 140 valence electrons. The van der Waals surface area contributed by atoms with Gasteiger partial charge in [-0.3, -0.25) is 4.79 Å². The molecule has 5 nitrogen and oxygen atoms in total. The first-order valence-corrected chi connectivity index (χ1v) is 11.1. The van der Waals surface area contributed by atoms with Crippen LogP contribution in [0.15, 0.2) is 38.3 Å². The Balaban J connectivity index is 1.71. The number of thiophene rings is 1. The molecule has 1 aliphatic rings. The number of amides is 1. The van der Waals surface area contributed by atoms with Gasteiger partial charge in [0, 0.05) is 18.8 Å². The molecule has 1 atom stereocenters. The summed E-state index contributed by atoms with van der Waals surface area (Å²) >= 11 is 4.42. The standard InChI is InChI=1S/C17H18BrFN2O3S2/c1-11-4-5-13(9-14(11)19)20-17(22)12-3-2-8-21(10-12)26(23,24)16-7-6-15(18)25-16/h4-7,9,12H,2-3,8,10H2,1H3,(H,20,22)/t12-/m0/s1. The van der Waals surface area contributed by atoms with Gasteiger partial charge in [0.15, 0.2) is 0 Å². The van der Waals surface area contributed by atoms with Crippen LogP contribution in [0.25, 0.3) is 0 Å². The maximum absolute atomic E-state index is 13.6. The molecular formula is C17H18BrFN2O3S2. The topological polar surface area (TPSA) is 66.5 Å². The van der Waals surface area contributed by atoms with E-state index in [1.807, 2.05) is 0 Å². The van der Waals surface area contributed by atoms with Crippen LogP contribution < -0.4 is 5.32 Å². The van der Waals surface area contributed by atoms with E-state index >= 15 is 0 Å². The lowest BCUT2D eigenvalue weighted by atomic mass is 9.98. The Hall–Kier alpha value is -1.29. The number of aryl methyl sites for hydroxylation is 1. The molecule has 1 aliphatic heterocycles. The molecule has 1 fully saturated rings. The van der Waals surface area contributed by atoms with E-state index in [0.29, 0.717) is 30.6 Å². The van der Waals surface area contributed by atoms with Crippen LogP contribution in [0.4, 0.5) is 10.1 Å². The van der Waals surface area contributed by atoms with Crippen LogP contribution >= 0.6 is 27.3 Å². The van der Waals surface area contributed by atoms with E-state index < -0.39 is 15.9 Å². The number of hydrogen-bond donors (Lipinski definition) is 1. The quantitative estimate of drug-likeness (QED) is 0.749. The third-order valence-corrected chi connectivity index (χ3v) is 8.29. The fourth-order valence-electron chi connectivity index (χ4n) is 2.85. The Bertz CT molecular complexity index is 930. The average Bonchev–Trinajstić information content (AvgIpc) is 3.05. The van der Waals surface area contributed by atoms with Crippen molar-refractivity contribution in [2.24, 2.45) is 5.92 Å². The van der Waals surface area contributed by atoms with Crippen molar-refractivity contribution in [3.05, 3.63) is 45.5 Å². The third kappa shape index (κ3) is 4.16. The van der Waals surface area contributed by atoms with Crippen molar-refractivity contribution in [3.63, 3.8) is 0 Å². The van der Waals surface area contributed by atoms with Crippen LogP contribution in [0, 0.1) is 18.7 Å². The van der Waals surface area contributed by atoms with E-state index in [-0.39, 0.29) is 22.5 Å². The predicted molar refractivity (Wildman–Crippen MR) is 103 cm³/mol. The molecule has 1 aromatic carbocycles. The number of halogens is 2. The summed E-state index contributed by atoms with van der Waals surface area (Å²) in [7, 11) is -3.61. The van der Waals surface area contributed by atoms with Gasteiger partial charge in [-0.15, -0.1) is 11.3 Å². The van der Waals surface area contributed by atoms with Gasteiger partial charge in [0.05, 0.1) is 9.70 Å². The van der Waals surface area contributed by atoms with Gasteiger partial charge >= 0.3 is 0 Å². The van der Waals surface area contributed by atoms with Gasteiger partial charge in [0.25, 0.3) is 10.0 Å². The van der Waals surface area contributed by atoms with E-state index in [0.717, 1.165) is 15.1 Å².